The van der Waals surface area contributed by atoms with Crippen LogP contribution in [0.2, 0.25) is 0 Å². The lowest BCUT2D eigenvalue weighted by Gasteiger charge is -2.26. The average Bonchev–Trinajstić information content (AvgIpc) is 2.91. The molecule has 0 aliphatic heterocycles. The molecule has 0 radical (unpaired) electrons. The normalized spacial score (nSPS) is 14.4. The summed E-state index contributed by atoms with van der Waals surface area (Å²) in [7, 11) is 0. The first-order chi connectivity index (χ1) is 19.2. The number of benzene rings is 1. The Balaban J connectivity index is 3.14. The number of amides is 3. The first-order valence-electron chi connectivity index (χ1n) is 13.2. The van der Waals surface area contributed by atoms with Crippen molar-refractivity contribution in [3.63, 3.8) is 0 Å². The molecule has 15 heteroatoms. The molecule has 0 aliphatic rings. The molecule has 0 spiro atoms. The van der Waals surface area contributed by atoms with E-state index >= 15 is 0 Å². The minimum Gasteiger partial charge on any atom is -0.508 e. The molecule has 0 saturated carbocycles. The highest BCUT2D eigenvalue weighted by atomic mass is 16.4. The molecule has 0 heterocycles. The van der Waals surface area contributed by atoms with Crippen LogP contribution < -0.4 is 33.2 Å². The van der Waals surface area contributed by atoms with Gasteiger partial charge in [0, 0.05) is 19.4 Å². The number of aromatic hydroxyl groups is 1. The minimum atomic E-state index is -1.36. The van der Waals surface area contributed by atoms with Gasteiger partial charge in [0.2, 0.25) is 17.7 Å². The van der Waals surface area contributed by atoms with E-state index in [1.165, 1.54) is 24.3 Å². The van der Waals surface area contributed by atoms with E-state index in [0.717, 1.165) is 0 Å². The lowest BCUT2D eigenvalue weighted by Crippen LogP contribution is -2.58. The summed E-state index contributed by atoms with van der Waals surface area (Å²) in [6.07, 6.45) is 0.145. The van der Waals surface area contributed by atoms with Crippen LogP contribution in [0.3, 0.4) is 0 Å². The molecule has 41 heavy (non-hydrogen) atoms. The van der Waals surface area contributed by atoms with E-state index in [1.54, 1.807) is 13.8 Å². The Kier molecular flexibility index (Phi) is 14.6. The van der Waals surface area contributed by atoms with Gasteiger partial charge in [-0.25, -0.2) is 4.79 Å². The third-order valence-electron chi connectivity index (χ3n) is 6.37. The number of nitrogens with zero attached hydrogens (tertiary/aromatic N) is 1. The van der Waals surface area contributed by atoms with Crippen molar-refractivity contribution in [2.75, 3.05) is 6.54 Å². The number of nitrogens with two attached hydrogens (primary N) is 3. The van der Waals surface area contributed by atoms with Crippen molar-refractivity contribution >= 4 is 35.6 Å². The summed E-state index contributed by atoms with van der Waals surface area (Å²) in [6, 6.07) is 0.883. The van der Waals surface area contributed by atoms with Crippen molar-refractivity contribution in [3.8, 4) is 5.75 Å². The highest BCUT2D eigenvalue weighted by Crippen LogP contribution is 2.13. The Bertz CT molecular complexity index is 1080. The summed E-state index contributed by atoms with van der Waals surface area (Å²) in [6.45, 7) is 3.66. The summed E-state index contributed by atoms with van der Waals surface area (Å²) in [5, 5.41) is 35.7. The number of carboxylic acid groups (broad SMARTS) is 2. The van der Waals surface area contributed by atoms with Gasteiger partial charge in [-0.3, -0.25) is 24.2 Å². The molecule has 3 amide bonds. The second kappa shape index (κ2) is 17.3. The number of phenols is 1. The Hall–Kier alpha value is -4.40. The number of carboxylic acids is 2. The lowest BCUT2D eigenvalue weighted by atomic mass is 9.98. The van der Waals surface area contributed by atoms with Crippen molar-refractivity contribution < 1.29 is 39.3 Å². The minimum absolute atomic E-state index is 0.0208. The van der Waals surface area contributed by atoms with Crippen LogP contribution in [0.5, 0.6) is 5.75 Å². The average molecular weight is 580 g/mol. The van der Waals surface area contributed by atoms with Gasteiger partial charge in [-0.1, -0.05) is 32.4 Å². The van der Waals surface area contributed by atoms with Crippen molar-refractivity contribution in [3.05, 3.63) is 29.8 Å². The molecule has 228 valence electrons. The van der Waals surface area contributed by atoms with Crippen LogP contribution in [0.25, 0.3) is 0 Å². The smallest absolute Gasteiger partial charge is 0.326 e. The molecule has 0 saturated heterocycles. The first-order valence-corrected chi connectivity index (χ1v) is 13.2. The van der Waals surface area contributed by atoms with E-state index in [1.807, 2.05) is 0 Å². The molecule has 5 atom stereocenters. The Morgan fingerprint density at radius 1 is 0.902 bits per heavy atom. The molecule has 0 bridgehead atoms. The number of nitrogens with one attached hydrogen (secondary N) is 3. The number of carbonyl (C=O) groups excluding carboxylic acids is 3. The number of phenolic OH excluding ortho intramolecular Hbond substituents is 1. The maximum absolute atomic E-state index is 13.3. The maximum Gasteiger partial charge on any atom is 0.326 e. The molecule has 1 aromatic rings. The summed E-state index contributed by atoms with van der Waals surface area (Å²) >= 11 is 0. The highest BCUT2D eigenvalue weighted by molar-refractivity contribution is 5.94. The standard InChI is InChI=1S/C26H41N7O8/c1-3-14(2)21(25(40)41)33-24(39)19(13-15-6-8-16(34)9-7-15)32-23(38)18(10-11-20(35)36)31-22(37)17(27)5-4-12-30-26(28)29/h6-9,14,17-19,21,34H,3-5,10-13,27H2,1-2H3,(H,31,37)(H,32,38)(H,33,39)(H,35,36)(H,40,41)(H4,28,29,30). The lowest BCUT2D eigenvalue weighted by molar-refractivity contribution is -0.143. The molecular weight excluding hydrogens is 538 g/mol. The molecule has 0 aliphatic carbocycles. The van der Waals surface area contributed by atoms with Crippen LogP contribution in [0, 0.1) is 5.92 Å². The van der Waals surface area contributed by atoms with Gasteiger partial charge in [0.15, 0.2) is 5.96 Å². The SMILES string of the molecule is CCC(C)C(NC(=O)C(Cc1ccc(O)cc1)NC(=O)C(CCC(=O)O)NC(=O)C(N)CCCN=C(N)N)C(=O)O. The van der Waals surface area contributed by atoms with Gasteiger partial charge in [-0.05, 0) is 42.9 Å². The molecule has 1 aromatic carbocycles. The van der Waals surface area contributed by atoms with Gasteiger partial charge >= 0.3 is 11.9 Å². The van der Waals surface area contributed by atoms with Crippen molar-refractivity contribution in [2.24, 2.45) is 28.1 Å². The van der Waals surface area contributed by atoms with Gasteiger partial charge in [-0.15, -0.1) is 0 Å². The van der Waals surface area contributed by atoms with Crippen LogP contribution in [0.4, 0.5) is 0 Å². The first kappa shape index (κ1) is 34.6. The second-order valence-corrected chi connectivity index (χ2v) is 9.69. The Morgan fingerprint density at radius 2 is 1.49 bits per heavy atom. The van der Waals surface area contributed by atoms with E-state index < -0.39 is 66.2 Å². The summed E-state index contributed by atoms with van der Waals surface area (Å²) in [4.78, 5) is 66.0. The number of hydrogen-bond acceptors (Lipinski definition) is 8. The fraction of sp³-hybridized carbons (Fsp3) is 0.538. The number of rotatable bonds is 18. The van der Waals surface area contributed by atoms with Crippen molar-refractivity contribution in [1.82, 2.24) is 16.0 Å². The number of guanidine groups is 1. The van der Waals surface area contributed by atoms with Crippen LogP contribution >= 0.6 is 0 Å². The van der Waals surface area contributed by atoms with Gasteiger partial charge in [0.1, 0.15) is 23.9 Å². The van der Waals surface area contributed by atoms with E-state index in [4.69, 9.17) is 22.3 Å². The zero-order valence-corrected chi connectivity index (χ0v) is 23.2. The van der Waals surface area contributed by atoms with Crippen LogP contribution in [0.15, 0.2) is 29.3 Å². The Labute approximate surface area is 237 Å². The summed E-state index contributed by atoms with van der Waals surface area (Å²) < 4.78 is 0. The molecule has 0 aromatic heterocycles. The van der Waals surface area contributed by atoms with Gasteiger partial charge in [0.05, 0.1) is 6.04 Å². The molecule has 15 nitrogen and oxygen atoms in total. The van der Waals surface area contributed by atoms with Gasteiger partial charge < -0.3 is 48.5 Å². The largest absolute Gasteiger partial charge is 0.508 e. The number of hydrogen-bond donors (Lipinski definition) is 9. The highest BCUT2D eigenvalue weighted by Gasteiger charge is 2.32. The molecular formula is C26H41N7O8. The van der Waals surface area contributed by atoms with Crippen LogP contribution in [0.1, 0.15) is 51.5 Å². The molecule has 0 fully saturated rings. The van der Waals surface area contributed by atoms with Crippen LogP contribution in [-0.4, -0.2) is 81.7 Å². The van der Waals surface area contributed by atoms with E-state index in [-0.39, 0.29) is 37.5 Å². The number of carbonyl (C=O) groups is 5. The predicted molar refractivity (Wildman–Crippen MR) is 149 cm³/mol. The third-order valence-corrected chi connectivity index (χ3v) is 6.37. The topological polar surface area (TPSA) is 273 Å². The fourth-order valence-corrected chi connectivity index (χ4v) is 3.75. The zero-order valence-electron chi connectivity index (χ0n) is 23.2. The monoisotopic (exact) mass is 579 g/mol. The van der Waals surface area contributed by atoms with Gasteiger partial charge in [-0.2, -0.15) is 0 Å². The van der Waals surface area contributed by atoms with Crippen molar-refractivity contribution in [2.45, 2.75) is 76.5 Å². The van der Waals surface area contributed by atoms with E-state index in [0.29, 0.717) is 18.4 Å². The Morgan fingerprint density at radius 3 is 2.02 bits per heavy atom. The van der Waals surface area contributed by atoms with Crippen molar-refractivity contribution in [1.29, 1.82) is 0 Å². The summed E-state index contributed by atoms with van der Waals surface area (Å²) in [5.74, 6) is -5.39. The van der Waals surface area contributed by atoms with E-state index in [2.05, 4.69) is 20.9 Å². The quantitative estimate of drug-likeness (QED) is 0.0564. The molecule has 1 rings (SSSR count). The maximum atomic E-state index is 13.3. The second-order valence-electron chi connectivity index (χ2n) is 9.69. The third kappa shape index (κ3) is 13.0. The zero-order chi connectivity index (χ0) is 31.1. The van der Waals surface area contributed by atoms with Crippen LogP contribution in [-0.2, 0) is 30.4 Å². The van der Waals surface area contributed by atoms with E-state index in [9.17, 15) is 34.2 Å². The van der Waals surface area contributed by atoms with Gasteiger partial charge in [0.25, 0.3) is 0 Å². The molecule has 5 unspecified atom stereocenters. The predicted octanol–water partition coefficient (Wildman–Crippen LogP) is -1.23. The summed E-state index contributed by atoms with van der Waals surface area (Å²) in [5.41, 5.74) is 17.0. The molecule has 12 N–H and O–H groups in total. The fourth-order valence-electron chi connectivity index (χ4n) is 3.75. The number of aliphatic imine (C=N–C) groups is 1. The number of aliphatic carboxylic acids is 2.